The summed E-state index contributed by atoms with van der Waals surface area (Å²) in [5.41, 5.74) is 2.75. The van der Waals surface area contributed by atoms with E-state index < -0.39 is 17.8 Å². The van der Waals surface area contributed by atoms with Crippen molar-refractivity contribution in [3.63, 3.8) is 0 Å². The van der Waals surface area contributed by atoms with Crippen LogP contribution in [-0.4, -0.2) is 28.1 Å². The Morgan fingerprint density at radius 3 is 2.64 bits per heavy atom. The molecular formula is C23H20F3N5O2. The molecule has 0 aliphatic rings. The Labute approximate surface area is 187 Å². The first-order valence-corrected chi connectivity index (χ1v) is 9.95. The number of rotatable bonds is 5. The summed E-state index contributed by atoms with van der Waals surface area (Å²) < 4.78 is 44.3. The van der Waals surface area contributed by atoms with Gasteiger partial charge >= 0.3 is 12.2 Å². The second kappa shape index (κ2) is 8.81. The molecule has 170 valence electrons. The summed E-state index contributed by atoms with van der Waals surface area (Å²) >= 11 is 0. The van der Waals surface area contributed by atoms with Crippen LogP contribution in [0.2, 0.25) is 0 Å². The first kappa shape index (κ1) is 22.1. The maximum atomic E-state index is 13.1. The van der Waals surface area contributed by atoms with Crippen molar-refractivity contribution in [1.29, 1.82) is 0 Å². The van der Waals surface area contributed by atoms with Gasteiger partial charge in [-0.25, -0.2) is 9.78 Å². The number of methoxy groups -OCH3 is 1. The number of fused-ring (bicyclic) bond motifs is 1. The van der Waals surface area contributed by atoms with Gasteiger partial charge < -0.3 is 20.4 Å². The van der Waals surface area contributed by atoms with Gasteiger partial charge in [-0.1, -0.05) is 6.07 Å². The summed E-state index contributed by atoms with van der Waals surface area (Å²) in [5, 5.41) is 5.07. The van der Waals surface area contributed by atoms with Crippen LogP contribution in [0.3, 0.4) is 0 Å². The normalized spacial score (nSPS) is 11.4. The van der Waals surface area contributed by atoms with Gasteiger partial charge in [0, 0.05) is 18.8 Å². The van der Waals surface area contributed by atoms with Crippen LogP contribution >= 0.6 is 0 Å². The number of aromatic nitrogens is 3. The molecular weight excluding hydrogens is 435 g/mol. The maximum Gasteiger partial charge on any atom is 0.416 e. The highest BCUT2D eigenvalue weighted by molar-refractivity contribution is 6.05. The number of urea groups is 1. The molecule has 4 rings (SSSR count). The van der Waals surface area contributed by atoms with E-state index in [1.54, 1.807) is 24.5 Å². The van der Waals surface area contributed by atoms with Gasteiger partial charge in [0.05, 0.1) is 29.6 Å². The third-order valence-electron chi connectivity index (χ3n) is 5.08. The summed E-state index contributed by atoms with van der Waals surface area (Å²) in [7, 11) is 1.31. The van der Waals surface area contributed by atoms with Gasteiger partial charge in [0.15, 0.2) is 0 Å². The molecule has 0 spiro atoms. The molecule has 2 amide bonds. The molecule has 4 aromatic rings. The van der Waals surface area contributed by atoms with E-state index in [0.29, 0.717) is 29.0 Å². The fourth-order valence-electron chi connectivity index (χ4n) is 3.41. The quantitative estimate of drug-likeness (QED) is 0.369. The summed E-state index contributed by atoms with van der Waals surface area (Å²) in [6, 6.07) is 9.27. The number of ether oxygens (including phenoxy) is 1. The Hall–Kier alpha value is -4.08. The van der Waals surface area contributed by atoms with Crippen molar-refractivity contribution >= 4 is 28.4 Å². The van der Waals surface area contributed by atoms with Crippen LogP contribution in [0.5, 0.6) is 5.75 Å². The zero-order valence-corrected chi connectivity index (χ0v) is 17.7. The highest BCUT2D eigenvalue weighted by atomic mass is 19.4. The summed E-state index contributed by atoms with van der Waals surface area (Å²) in [6.07, 6.45) is -0.513. The molecule has 0 radical (unpaired) electrons. The van der Waals surface area contributed by atoms with Gasteiger partial charge in [0.25, 0.3) is 0 Å². The molecule has 2 heterocycles. The number of H-pyrrole nitrogens is 1. The third-order valence-corrected chi connectivity index (χ3v) is 5.08. The second-order valence-corrected chi connectivity index (χ2v) is 7.36. The van der Waals surface area contributed by atoms with Crippen molar-refractivity contribution in [2.24, 2.45) is 0 Å². The fourth-order valence-corrected chi connectivity index (χ4v) is 3.41. The smallest absolute Gasteiger partial charge is 0.416 e. The number of nitrogens with zero attached hydrogens (tertiary/aromatic N) is 2. The standard InChI is InChI=1S/C23H20F3N5O2/c1-13-12-27-9-8-14(13)10-20-28-16-4-3-5-17(21(16)31-20)29-22(32)30-18-11-15(23(24,25)26)6-7-19(18)33-2/h3-9,11-12H,10H2,1-2H3,(H,28,31)(H2,29,30,32). The molecule has 0 aliphatic heterocycles. The van der Waals surface area contributed by atoms with Crippen molar-refractivity contribution in [2.45, 2.75) is 19.5 Å². The molecule has 33 heavy (non-hydrogen) atoms. The minimum absolute atomic E-state index is 0.103. The van der Waals surface area contributed by atoms with Crippen LogP contribution in [0.1, 0.15) is 22.5 Å². The Bertz CT molecular complexity index is 1320. The van der Waals surface area contributed by atoms with E-state index >= 15 is 0 Å². The number of anilines is 2. The van der Waals surface area contributed by atoms with Crippen molar-refractivity contribution < 1.29 is 22.7 Å². The Morgan fingerprint density at radius 2 is 1.91 bits per heavy atom. The number of alkyl halides is 3. The van der Waals surface area contributed by atoms with Gasteiger partial charge in [0.2, 0.25) is 0 Å². The first-order valence-electron chi connectivity index (χ1n) is 9.95. The molecule has 0 unspecified atom stereocenters. The van der Waals surface area contributed by atoms with E-state index in [1.165, 1.54) is 7.11 Å². The van der Waals surface area contributed by atoms with Gasteiger partial charge in [-0.15, -0.1) is 0 Å². The third kappa shape index (κ3) is 4.89. The minimum atomic E-state index is -4.55. The van der Waals surface area contributed by atoms with E-state index in [1.807, 2.05) is 19.1 Å². The number of imidazole rings is 1. The molecule has 10 heteroatoms. The number of hydrogen-bond acceptors (Lipinski definition) is 4. The summed E-state index contributed by atoms with van der Waals surface area (Å²) in [4.78, 5) is 24.5. The number of carbonyl (C=O) groups is 1. The van der Waals surface area contributed by atoms with Crippen LogP contribution in [0, 0.1) is 6.92 Å². The average Bonchev–Trinajstić information content (AvgIpc) is 3.18. The average molecular weight is 455 g/mol. The highest BCUT2D eigenvalue weighted by Gasteiger charge is 2.31. The number of pyridine rings is 1. The van der Waals surface area contributed by atoms with Gasteiger partial charge in [-0.05, 0) is 54.4 Å². The SMILES string of the molecule is COc1ccc(C(F)(F)F)cc1NC(=O)Nc1cccc2[nH]c(Cc3ccncc3C)nc12. The number of nitrogens with one attached hydrogen (secondary N) is 3. The zero-order valence-electron chi connectivity index (χ0n) is 17.7. The Balaban J connectivity index is 1.56. The van der Waals surface area contributed by atoms with E-state index in [-0.39, 0.29) is 11.4 Å². The van der Waals surface area contributed by atoms with E-state index in [9.17, 15) is 18.0 Å². The van der Waals surface area contributed by atoms with Gasteiger partial charge in [0.1, 0.15) is 17.1 Å². The minimum Gasteiger partial charge on any atom is -0.495 e. The molecule has 0 aliphatic carbocycles. The molecule has 7 nitrogen and oxygen atoms in total. The zero-order chi connectivity index (χ0) is 23.6. The number of aryl methyl sites for hydroxylation is 1. The summed E-state index contributed by atoms with van der Waals surface area (Å²) in [6.45, 7) is 1.96. The Kier molecular flexibility index (Phi) is 5.91. The van der Waals surface area contributed by atoms with Crippen LogP contribution in [0.4, 0.5) is 29.3 Å². The number of benzene rings is 2. The van der Waals surface area contributed by atoms with E-state index in [4.69, 9.17) is 4.74 Å². The lowest BCUT2D eigenvalue weighted by Crippen LogP contribution is -2.20. The van der Waals surface area contributed by atoms with Crippen LogP contribution in [-0.2, 0) is 12.6 Å². The molecule has 2 aromatic carbocycles. The van der Waals surface area contributed by atoms with Gasteiger partial charge in [-0.2, -0.15) is 13.2 Å². The van der Waals surface area contributed by atoms with Crippen LogP contribution in [0.15, 0.2) is 54.9 Å². The van der Waals surface area contributed by atoms with E-state index in [0.717, 1.165) is 29.3 Å². The van der Waals surface area contributed by atoms with Crippen LogP contribution < -0.4 is 15.4 Å². The molecule has 0 bridgehead atoms. The number of hydrogen-bond donors (Lipinski definition) is 3. The lowest BCUT2D eigenvalue weighted by atomic mass is 10.1. The number of para-hydroxylation sites is 1. The highest BCUT2D eigenvalue weighted by Crippen LogP contribution is 2.35. The lowest BCUT2D eigenvalue weighted by molar-refractivity contribution is -0.137. The topological polar surface area (TPSA) is 91.9 Å². The largest absolute Gasteiger partial charge is 0.495 e. The number of amides is 2. The Morgan fingerprint density at radius 1 is 1.12 bits per heavy atom. The number of aromatic amines is 1. The first-order chi connectivity index (χ1) is 15.7. The summed E-state index contributed by atoms with van der Waals surface area (Å²) in [5.74, 6) is 0.805. The maximum absolute atomic E-state index is 13.1. The van der Waals surface area contributed by atoms with Crippen molar-refractivity contribution in [1.82, 2.24) is 15.0 Å². The predicted molar refractivity (Wildman–Crippen MR) is 119 cm³/mol. The molecule has 2 aromatic heterocycles. The van der Waals surface area contributed by atoms with Crippen molar-refractivity contribution in [3.05, 3.63) is 77.4 Å². The van der Waals surface area contributed by atoms with E-state index in [2.05, 4.69) is 25.6 Å². The molecule has 0 fully saturated rings. The fraction of sp³-hybridized carbons (Fsp3) is 0.174. The predicted octanol–water partition coefficient (Wildman–Crippen LogP) is 5.53. The van der Waals surface area contributed by atoms with Crippen molar-refractivity contribution in [2.75, 3.05) is 17.7 Å². The molecule has 0 atom stereocenters. The second-order valence-electron chi connectivity index (χ2n) is 7.36. The van der Waals surface area contributed by atoms with Crippen LogP contribution in [0.25, 0.3) is 11.0 Å². The molecule has 0 saturated heterocycles. The van der Waals surface area contributed by atoms with Crippen molar-refractivity contribution in [3.8, 4) is 5.75 Å². The number of halogens is 3. The van der Waals surface area contributed by atoms with Gasteiger partial charge in [-0.3, -0.25) is 4.98 Å². The number of carbonyl (C=O) groups excluding carboxylic acids is 1. The lowest BCUT2D eigenvalue weighted by Gasteiger charge is -2.14. The monoisotopic (exact) mass is 455 g/mol. The molecule has 3 N–H and O–H groups in total. The molecule has 0 saturated carbocycles.